The lowest BCUT2D eigenvalue weighted by atomic mass is 10.2. The van der Waals surface area contributed by atoms with E-state index >= 15 is 0 Å². The first kappa shape index (κ1) is 16.9. The highest BCUT2D eigenvalue weighted by Crippen LogP contribution is 2.17. The number of amides is 1. The molecule has 3 heterocycles. The Hall–Kier alpha value is -2.90. The Kier molecular flexibility index (Phi) is 4.97. The van der Waals surface area contributed by atoms with E-state index in [0.717, 1.165) is 5.69 Å². The lowest BCUT2D eigenvalue weighted by Gasteiger charge is -2.34. The van der Waals surface area contributed by atoms with Crippen LogP contribution in [0.4, 0.5) is 5.95 Å². The highest BCUT2D eigenvalue weighted by Gasteiger charge is 2.24. The summed E-state index contributed by atoms with van der Waals surface area (Å²) in [6, 6.07) is 4.72. The minimum atomic E-state index is -0.219. The average molecular weight is 343 g/mol. The van der Waals surface area contributed by atoms with E-state index in [1.807, 2.05) is 24.8 Å². The molecule has 8 nitrogen and oxygen atoms in total. The summed E-state index contributed by atoms with van der Waals surface area (Å²) in [5.74, 6) is 1.10. The molecule has 0 aliphatic carbocycles. The lowest BCUT2D eigenvalue weighted by Crippen LogP contribution is -2.49. The monoisotopic (exact) mass is 343 g/mol. The van der Waals surface area contributed by atoms with Gasteiger partial charge in [-0.1, -0.05) is 0 Å². The maximum absolute atomic E-state index is 12.5. The Morgan fingerprint density at radius 1 is 1.24 bits per heavy atom. The van der Waals surface area contributed by atoms with Gasteiger partial charge in [0.05, 0.1) is 12.2 Å². The number of nitrogens with zero attached hydrogens (tertiary/aromatic N) is 4. The van der Waals surface area contributed by atoms with Gasteiger partial charge in [0.2, 0.25) is 17.4 Å². The smallest absolute Gasteiger partial charge is 0.255 e. The Bertz CT molecular complexity index is 792. The lowest BCUT2D eigenvalue weighted by molar-refractivity contribution is 0.0745. The molecule has 0 spiro atoms. The van der Waals surface area contributed by atoms with Crippen molar-refractivity contribution in [3.8, 4) is 5.88 Å². The maximum atomic E-state index is 12.5. The number of aromatic nitrogens is 3. The van der Waals surface area contributed by atoms with Crippen LogP contribution in [-0.4, -0.2) is 58.5 Å². The Morgan fingerprint density at radius 2 is 2.00 bits per heavy atom. The summed E-state index contributed by atoms with van der Waals surface area (Å²) >= 11 is 0. The van der Waals surface area contributed by atoms with Crippen molar-refractivity contribution in [1.29, 1.82) is 0 Å². The molecular weight excluding hydrogens is 322 g/mol. The van der Waals surface area contributed by atoms with Crippen molar-refractivity contribution in [2.45, 2.75) is 13.8 Å². The number of rotatable bonds is 4. The van der Waals surface area contributed by atoms with Crippen LogP contribution in [0.25, 0.3) is 0 Å². The van der Waals surface area contributed by atoms with E-state index in [4.69, 9.17) is 4.74 Å². The van der Waals surface area contributed by atoms with E-state index in [0.29, 0.717) is 50.2 Å². The maximum Gasteiger partial charge on any atom is 0.255 e. The Balaban J connectivity index is 1.66. The van der Waals surface area contributed by atoms with Crippen LogP contribution in [0.15, 0.2) is 29.2 Å². The second-order valence-electron chi connectivity index (χ2n) is 5.80. The number of carbonyl (C=O) groups is 1. The fourth-order valence-electron chi connectivity index (χ4n) is 2.72. The van der Waals surface area contributed by atoms with E-state index < -0.39 is 0 Å². The van der Waals surface area contributed by atoms with Crippen LogP contribution in [0.2, 0.25) is 0 Å². The summed E-state index contributed by atoms with van der Waals surface area (Å²) in [5.41, 5.74) is 1.11. The number of hydrogen-bond acceptors (Lipinski definition) is 6. The summed E-state index contributed by atoms with van der Waals surface area (Å²) in [4.78, 5) is 38.8. The van der Waals surface area contributed by atoms with Crippen LogP contribution < -0.4 is 15.2 Å². The Labute approximate surface area is 145 Å². The van der Waals surface area contributed by atoms with Gasteiger partial charge in [-0.2, -0.15) is 4.98 Å². The van der Waals surface area contributed by atoms with Gasteiger partial charge in [-0.3, -0.25) is 9.59 Å². The van der Waals surface area contributed by atoms with Gasteiger partial charge in [0.1, 0.15) is 0 Å². The first-order chi connectivity index (χ1) is 12.1. The normalized spacial score (nSPS) is 14.5. The number of anilines is 1. The second-order valence-corrected chi connectivity index (χ2v) is 5.80. The van der Waals surface area contributed by atoms with Gasteiger partial charge in [-0.05, 0) is 19.9 Å². The van der Waals surface area contributed by atoms with E-state index in [2.05, 4.69) is 15.0 Å². The molecule has 1 fully saturated rings. The molecule has 0 saturated carbocycles. The van der Waals surface area contributed by atoms with Crippen LogP contribution in [-0.2, 0) is 0 Å². The zero-order valence-electron chi connectivity index (χ0n) is 14.4. The fourth-order valence-corrected chi connectivity index (χ4v) is 2.72. The zero-order valence-corrected chi connectivity index (χ0v) is 14.4. The molecule has 0 atom stereocenters. The SMILES string of the molecule is CCOc1cc(C)nc(N2CCN(C(=O)c3ccc(=O)[nH]c3)CC2)n1. The van der Waals surface area contributed by atoms with Crippen molar-refractivity contribution in [2.24, 2.45) is 0 Å². The molecule has 1 saturated heterocycles. The second kappa shape index (κ2) is 7.33. The quantitative estimate of drug-likeness (QED) is 0.884. The largest absolute Gasteiger partial charge is 0.478 e. The molecule has 1 N–H and O–H groups in total. The number of hydrogen-bond donors (Lipinski definition) is 1. The van der Waals surface area contributed by atoms with Gasteiger partial charge in [0.15, 0.2) is 0 Å². The van der Waals surface area contributed by atoms with E-state index in [9.17, 15) is 9.59 Å². The molecule has 2 aromatic heterocycles. The molecule has 1 aliphatic heterocycles. The molecule has 2 aromatic rings. The van der Waals surface area contributed by atoms with E-state index in [1.165, 1.54) is 12.3 Å². The predicted molar refractivity (Wildman–Crippen MR) is 93.1 cm³/mol. The van der Waals surface area contributed by atoms with Gasteiger partial charge in [-0.15, -0.1) is 0 Å². The van der Waals surface area contributed by atoms with E-state index in [1.54, 1.807) is 11.0 Å². The molecule has 132 valence electrons. The van der Waals surface area contributed by atoms with Crippen molar-refractivity contribution in [1.82, 2.24) is 19.9 Å². The summed E-state index contributed by atoms with van der Waals surface area (Å²) in [6.45, 7) is 6.80. The van der Waals surface area contributed by atoms with Crippen molar-refractivity contribution < 1.29 is 9.53 Å². The van der Waals surface area contributed by atoms with Gasteiger partial charge in [0.25, 0.3) is 5.91 Å². The van der Waals surface area contributed by atoms with Crippen LogP contribution >= 0.6 is 0 Å². The van der Waals surface area contributed by atoms with E-state index in [-0.39, 0.29) is 11.5 Å². The minimum Gasteiger partial charge on any atom is -0.478 e. The number of carbonyl (C=O) groups excluding carboxylic acids is 1. The molecule has 3 rings (SSSR count). The van der Waals surface area contributed by atoms with Gasteiger partial charge >= 0.3 is 0 Å². The molecule has 8 heteroatoms. The molecular formula is C17H21N5O3. The predicted octanol–water partition coefficient (Wildman–Crippen LogP) is 0.834. The highest BCUT2D eigenvalue weighted by atomic mass is 16.5. The number of piperazine rings is 1. The summed E-state index contributed by atoms with van der Waals surface area (Å²) in [5, 5.41) is 0. The molecule has 0 aromatic carbocycles. The fraction of sp³-hybridized carbons (Fsp3) is 0.412. The number of nitrogens with one attached hydrogen (secondary N) is 1. The minimum absolute atomic E-state index is 0.0870. The number of aryl methyl sites for hydroxylation is 1. The third-order valence-corrected chi connectivity index (χ3v) is 3.99. The number of pyridine rings is 1. The number of ether oxygens (including phenoxy) is 1. The van der Waals surface area contributed by atoms with Crippen LogP contribution in [0.5, 0.6) is 5.88 Å². The Morgan fingerprint density at radius 3 is 2.64 bits per heavy atom. The van der Waals surface area contributed by atoms with Crippen LogP contribution in [0.3, 0.4) is 0 Å². The van der Waals surface area contributed by atoms with Crippen molar-refractivity contribution in [3.63, 3.8) is 0 Å². The topological polar surface area (TPSA) is 91.4 Å². The first-order valence-corrected chi connectivity index (χ1v) is 8.28. The van der Waals surface area contributed by atoms with Gasteiger partial charge < -0.3 is 19.5 Å². The van der Waals surface area contributed by atoms with Crippen molar-refractivity contribution in [3.05, 3.63) is 46.0 Å². The first-order valence-electron chi connectivity index (χ1n) is 8.28. The molecule has 1 aliphatic rings. The average Bonchev–Trinajstić information content (AvgIpc) is 2.62. The summed E-state index contributed by atoms with van der Waals surface area (Å²) < 4.78 is 5.47. The standard InChI is InChI=1S/C17H21N5O3/c1-3-25-15-10-12(2)19-17(20-15)22-8-6-21(7-9-22)16(24)13-4-5-14(23)18-11-13/h4-5,10-11H,3,6-9H2,1-2H3,(H,18,23). The number of H-pyrrole nitrogens is 1. The third-order valence-electron chi connectivity index (χ3n) is 3.99. The van der Waals surface area contributed by atoms with Crippen LogP contribution in [0, 0.1) is 6.92 Å². The molecule has 1 amide bonds. The van der Waals surface area contributed by atoms with Crippen LogP contribution in [0.1, 0.15) is 23.0 Å². The molecule has 0 radical (unpaired) electrons. The highest BCUT2D eigenvalue weighted by molar-refractivity contribution is 5.94. The van der Waals surface area contributed by atoms with Crippen molar-refractivity contribution >= 4 is 11.9 Å². The summed E-state index contributed by atoms with van der Waals surface area (Å²) in [7, 11) is 0. The third kappa shape index (κ3) is 3.96. The molecule has 25 heavy (non-hydrogen) atoms. The summed E-state index contributed by atoms with van der Waals surface area (Å²) in [6.07, 6.45) is 1.45. The van der Waals surface area contributed by atoms with Crippen molar-refractivity contribution in [2.75, 3.05) is 37.7 Å². The molecule has 0 bridgehead atoms. The number of aromatic amines is 1. The zero-order chi connectivity index (χ0) is 17.8. The van der Waals surface area contributed by atoms with Gasteiger partial charge in [-0.25, -0.2) is 4.98 Å². The molecule has 0 unspecified atom stereocenters. The van der Waals surface area contributed by atoms with Gasteiger partial charge in [0, 0.05) is 50.2 Å².